The van der Waals surface area contributed by atoms with Gasteiger partial charge in [-0.1, -0.05) is 121 Å². The fourth-order valence-corrected chi connectivity index (χ4v) is 10.8. The minimum absolute atomic E-state index is 0.0127. The lowest BCUT2D eigenvalue weighted by molar-refractivity contribution is -0.155. The van der Waals surface area contributed by atoms with Gasteiger partial charge in [-0.15, -0.1) is 0 Å². The van der Waals surface area contributed by atoms with Crippen LogP contribution in [0.2, 0.25) is 18.1 Å². The molecule has 14 nitrogen and oxygen atoms in total. The molecule has 3 heterocycles. The van der Waals surface area contributed by atoms with Crippen molar-refractivity contribution < 1.29 is 37.9 Å². The lowest BCUT2D eigenvalue weighted by Crippen LogP contribution is -2.64. The van der Waals surface area contributed by atoms with Crippen LogP contribution in [0.5, 0.6) is 0 Å². The SMILES string of the molecule is C=CCOC(=O)[C@@H]1C[C@@]2(C)c3ccccc3N[C@H]2N1C(=O)[C@H](NC(=O)[C@H](CC(C)C)NC(=O)[C@H]1C[C@@H](O[Si](C)(C)C(C)(C)C)CCN1C(=O)[C@H](C(C)C)N(C)C(=O)[C@H](C)C(C)C)C(C)C. The summed E-state index contributed by atoms with van der Waals surface area (Å²) >= 11 is 0. The van der Waals surface area contributed by atoms with Gasteiger partial charge in [0.25, 0.3) is 0 Å². The molecule has 2 saturated heterocycles. The normalized spacial score (nSPS) is 23.9. The molecule has 0 aromatic heterocycles. The molecule has 3 N–H and O–H groups in total. The second-order valence-corrected chi connectivity index (χ2v) is 26.8. The van der Waals surface area contributed by atoms with Gasteiger partial charge in [0.15, 0.2) is 8.32 Å². The first kappa shape index (κ1) is 53.4. The van der Waals surface area contributed by atoms with E-state index in [9.17, 15) is 28.8 Å². The molecule has 65 heavy (non-hydrogen) atoms. The van der Waals surface area contributed by atoms with Crippen LogP contribution in [0.15, 0.2) is 36.9 Å². The van der Waals surface area contributed by atoms with Gasteiger partial charge < -0.3 is 39.8 Å². The number of piperidine rings is 1. The third kappa shape index (κ3) is 11.7. The van der Waals surface area contributed by atoms with Crippen molar-refractivity contribution in [2.75, 3.05) is 25.5 Å². The highest BCUT2D eigenvalue weighted by Gasteiger charge is 2.59. The number of ether oxygens (including phenoxy) is 1. The van der Waals surface area contributed by atoms with E-state index < -0.39 is 79.7 Å². The van der Waals surface area contributed by atoms with Gasteiger partial charge in [0.1, 0.15) is 43.0 Å². The van der Waals surface area contributed by atoms with Crippen molar-refractivity contribution in [1.29, 1.82) is 0 Å². The average molecular weight is 923 g/mol. The topological polar surface area (TPSA) is 167 Å². The minimum Gasteiger partial charge on any atom is -0.460 e. The van der Waals surface area contributed by atoms with Crippen molar-refractivity contribution in [2.45, 2.75) is 182 Å². The average Bonchev–Trinajstić information content (AvgIpc) is 3.67. The zero-order valence-electron chi connectivity index (χ0n) is 42.4. The van der Waals surface area contributed by atoms with Crippen LogP contribution in [0.25, 0.3) is 0 Å². The van der Waals surface area contributed by atoms with Crippen molar-refractivity contribution >= 4 is 49.5 Å². The van der Waals surface area contributed by atoms with Crippen molar-refractivity contribution in [3.63, 3.8) is 0 Å². The maximum Gasteiger partial charge on any atom is 0.329 e. The number of rotatable bonds is 18. The van der Waals surface area contributed by atoms with Gasteiger partial charge >= 0.3 is 5.97 Å². The Labute approximate surface area is 390 Å². The number of likely N-dealkylation sites (tertiary alicyclic amines) is 2. The molecule has 1 aromatic rings. The van der Waals surface area contributed by atoms with E-state index in [1.165, 1.54) is 15.9 Å². The standard InChI is InChI=1S/C50H82N6O8Si/c1-18-25-63-47(62)39-28-50(14)35-21-19-20-22-36(35)52-48(50)56(39)45(60)40(31(6)7)53-42(57)37(26-29(2)3)51-43(58)38-27-34(64-65(16,17)49(11,12)13)23-24-55(38)46(61)41(32(8)9)54(15)44(59)33(10)30(4)5/h18-22,29-34,37-41,48,52H,1,23-28H2,2-17H3,(H,51,58)(H,53,57)/t33-,34+,37+,38-,39+,40-,41+,48+,50+/m1/s1. The first-order chi connectivity index (χ1) is 30.1. The number of hydrogen-bond donors (Lipinski definition) is 3. The van der Waals surface area contributed by atoms with Gasteiger partial charge in [-0.3, -0.25) is 24.0 Å². The lowest BCUT2D eigenvalue weighted by Gasteiger charge is -2.46. The molecule has 0 unspecified atom stereocenters. The summed E-state index contributed by atoms with van der Waals surface area (Å²) < 4.78 is 12.4. The summed E-state index contributed by atoms with van der Waals surface area (Å²) in [7, 11) is -0.636. The van der Waals surface area contributed by atoms with Crippen LogP contribution >= 0.6 is 0 Å². The molecule has 1 aromatic carbocycles. The number of likely N-dealkylation sites (N-methyl/N-ethyl adjacent to an activating group) is 1. The van der Waals surface area contributed by atoms with Crippen LogP contribution in [-0.4, -0.2) is 121 Å². The van der Waals surface area contributed by atoms with Crippen LogP contribution in [0.3, 0.4) is 0 Å². The highest BCUT2D eigenvalue weighted by atomic mass is 28.4. The van der Waals surface area contributed by atoms with Crippen molar-refractivity contribution in [1.82, 2.24) is 25.3 Å². The number of para-hydroxylation sites is 1. The van der Waals surface area contributed by atoms with Gasteiger partial charge in [-0.05, 0) is 72.7 Å². The molecular formula is C50H82N6O8Si. The van der Waals surface area contributed by atoms with Gasteiger partial charge in [0.05, 0.1) is 0 Å². The van der Waals surface area contributed by atoms with E-state index in [1.807, 2.05) is 93.5 Å². The summed E-state index contributed by atoms with van der Waals surface area (Å²) in [6, 6.07) is 2.91. The number of amides is 5. The summed E-state index contributed by atoms with van der Waals surface area (Å²) in [6.07, 6.45) is 1.86. The van der Waals surface area contributed by atoms with Crippen LogP contribution in [0, 0.1) is 29.6 Å². The van der Waals surface area contributed by atoms with Gasteiger partial charge in [-0.2, -0.15) is 0 Å². The summed E-state index contributed by atoms with van der Waals surface area (Å²) in [4.78, 5) is 91.4. The molecular weight excluding hydrogens is 841 g/mol. The van der Waals surface area contributed by atoms with E-state index >= 15 is 0 Å². The van der Waals surface area contributed by atoms with Crippen molar-refractivity contribution in [3.05, 3.63) is 42.5 Å². The minimum atomic E-state index is -2.30. The van der Waals surface area contributed by atoms with E-state index in [2.05, 4.69) is 56.4 Å². The number of fused-ring (bicyclic) bond motifs is 3. The Balaban J connectivity index is 1.68. The summed E-state index contributed by atoms with van der Waals surface area (Å²) in [5.74, 6) is -3.48. The number of nitrogens with zero attached hydrogens (tertiary/aromatic N) is 3. The number of benzene rings is 1. The number of anilines is 1. The third-order valence-corrected chi connectivity index (χ3v) is 19.1. The monoisotopic (exact) mass is 923 g/mol. The molecule has 3 aliphatic rings. The molecule has 0 radical (unpaired) electrons. The fraction of sp³-hybridized carbons (Fsp3) is 0.720. The third-order valence-electron chi connectivity index (χ3n) is 14.6. The number of carbonyl (C=O) groups is 6. The second kappa shape index (κ2) is 21.2. The number of hydrogen-bond acceptors (Lipinski definition) is 9. The van der Waals surface area contributed by atoms with E-state index in [0.29, 0.717) is 12.8 Å². The van der Waals surface area contributed by atoms with E-state index in [1.54, 1.807) is 11.9 Å². The summed E-state index contributed by atoms with van der Waals surface area (Å²) in [6.45, 7) is 33.9. The maximum absolute atomic E-state index is 15.0. The van der Waals surface area contributed by atoms with Crippen LogP contribution in [0.4, 0.5) is 5.69 Å². The Hall–Kier alpha value is -4.24. The van der Waals surface area contributed by atoms with Crippen LogP contribution in [-0.2, 0) is 43.3 Å². The zero-order chi connectivity index (χ0) is 49.1. The van der Waals surface area contributed by atoms with E-state index in [0.717, 1.165) is 11.3 Å². The number of nitrogens with one attached hydrogen (secondary N) is 3. The summed E-state index contributed by atoms with van der Waals surface area (Å²) in [5, 5.41) is 9.44. The molecule has 15 heteroatoms. The second-order valence-electron chi connectivity index (χ2n) is 22.1. The van der Waals surface area contributed by atoms with Crippen LogP contribution < -0.4 is 16.0 Å². The maximum atomic E-state index is 15.0. The van der Waals surface area contributed by atoms with Crippen molar-refractivity contribution in [3.8, 4) is 0 Å². The first-order valence-electron chi connectivity index (χ1n) is 23.9. The Kier molecular flexibility index (Phi) is 17.4. The number of esters is 1. The first-order valence-corrected chi connectivity index (χ1v) is 26.8. The molecule has 0 aliphatic carbocycles. The molecule has 5 amide bonds. The van der Waals surface area contributed by atoms with Gasteiger partial charge in [0, 0.05) is 43.1 Å². The predicted octanol–water partition coefficient (Wildman–Crippen LogP) is 6.85. The Bertz CT molecular complexity index is 1910. The predicted molar refractivity (Wildman–Crippen MR) is 258 cm³/mol. The van der Waals surface area contributed by atoms with E-state index in [4.69, 9.17) is 9.16 Å². The van der Waals surface area contributed by atoms with Crippen LogP contribution in [0.1, 0.15) is 121 Å². The highest BCUT2D eigenvalue weighted by Crippen LogP contribution is 2.51. The molecule has 9 atom stereocenters. The molecule has 0 spiro atoms. The van der Waals surface area contributed by atoms with Gasteiger partial charge in [0.2, 0.25) is 29.5 Å². The quantitative estimate of drug-likeness (QED) is 0.0811. The largest absolute Gasteiger partial charge is 0.460 e. The molecule has 4 rings (SSSR count). The Morgan fingerprint density at radius 1 is 0.938 bits per heavy atom. The summed E-state index contributed by atoms with van der Waals surface area (Å²) in [5.41, 5.74) is 1.24. The smallest absolute Gasteiger partial charge is 0.329 e. The van der Waals surface area contributed by atoms with Gasteiger partial charge in [-0.25, -0.2) is 4.79 Å². The molecule has 0 bridgehead atoms. The highest BCUT2D eigenvalue weighted by molar-refractivity contribution is 6.74. The molecule has 0 saturated carbocycles. The van der Waals surface area contributed by atoms with Crippen molar-refractivity contribution in [2.24, 2.45) is 29.6 Å². The lowest BCUT2D eigenvalue weighted by atomic mass is 9.80. The molecule has 364 valence electrons. The molecule has 2 fully saturated rings. The Morgan fingerprint density at radius 3 is 2.12 bits per heavy atom. The number of carbonyl (C=O) groups excluding carboxylic acids is 6. The Morgan fingerprint density at radius 2 is 1.57 bits per heavy atom. The molecule has 3 aliphatic heterocycles. The van der Waals surface area contributed by atoms with E-state index in [-0.39, 0.29) is 72.6 Å². The fourth-order valence-electron chi connectivity index (χ4n) is 9.41. The zero-order valence-corrected chi connectivity index (χ0v) is 43.4.